The molecule has 2 aromatic carbocycles. The first-order valence-corrected chi connectivity index (χ1v) is 10.3. The van der Waals surface area contributed by atoms with E-state index in [1.54, 1.807) is 31.4 Å². The minimum atomic E-state index is -3.62. The molecule has 0 bridgehead atoms. The van der Waals surface area contributed by atoms with Gasteiger partial charge >= 0.3 is 0 Å². The smallest absolute Gasteiger partial charge is 0.243 e. The number of hydrogen-bond acceptors (Lipinski definition) is 5. The number of anilines is 1. The van der Waals surface area contributed by atoms with Crippen molar-refractivity contribution >= 4 is 21.6 Å². The van der Waals surface area contributed by atoms with Crippen LogP contribution in [0.4, 0.5) is 5.69 Å². The van der Waals surface area contributed by atoms with Gasteiger partial charge in [0.25, 0.3) is 0 Å². The first-order valence-electron chi connectivity index (χ1n) is 8.89. The summed E-state index contributed by atoms with van der Waals surface area (Å²) in [7, 11) is -2.05. The highest BCUT2D eigenvalue weighted by molar-refractivity contribution is 7.89. The lowest BCUT2D eigenvalue weighted by molar-refractivity contribution is -0.120. The largest absolute Gasteiger partial charge is 0.497 e. The van der Waals surface area contributed by atoms with Gasteiger partial charge in [0.1, 0.15) is 5.75 Å². The quantitative estimate of drug-likeness (QED) is 0.833. The molecule has 1 N–H and O–H groups in total. The van der Waals surface area contributed by atoms with Crippen molar-refractivity contribution in [1.82, 2.24) is 4.31 Å². The third kappa shape index (κ3) is 4.32. The molecule has 1 amide bonds. The summed E-state index contributed by atoms with van der Waals surface area (Å²) >= 11 is 0. The zero-order valence-corrected chi connectivity index (χ0v) is 16.3. The minimum Gasteiger partial charge on any atom is -0.497 e. The molecule has 2 aromatic rings. The molecule has 1 aliphatic heterocycles. The number of ether oxygens (including phenoxy) is 1. The summed E-state index contributed by atoms with van der Waals surface area (Å²) in [6.45, 7) is 0.562. The summed E-state index contributed by atoms with van der Waals surface area (Å²) in [5.41, 5.74) is 1.09. The van der Waals surface area contributed by atoms with E-state index in [2.05, 4.69) is 5.32 Å². The molecule has 0 saturated carbocycles. The summed E-state index contributed by atoms with van der Waals surface area (Å²) in [6.07, 6.45) is 0.912. The lowest BCUT2D eigenvalue weighted by Gasteiger charge is -2.30. The van der Waals surface area contributed by atoms with Gasteiger partial charge < -0.3 is 10.1 Å². The van der Waals surface area contributed by atoms with Crippen LogP contribution in [0, 0.1) is 17.2 Å². The number of nitrogens with one attached hydrogen (secondary N) is 1. The highest BCUT2D eigenvalue weighted by atomic mass is 32.2. The molecule has 0 aliphatic carbocycles. The van der Waals surface area contributed by atoms with Gasteiger partial charge in [-0.25, -0.2) is 8.42 Å². The Bertz CT molecular complexity index is 972. The van der Waals surface area contributed by atoms with Gasteiger partial charge in [-0.05, 0) is 61.4 Å². The summed E-state index contributed by atoms with van der Waals surface area (Å²) in [4.78, 5) is 12.6. The Labute approximate surface area is 164 Å². The van der Waals surface area contributed by atoms with Crippen molar-refractivity contribution in [2.24, 2.45) is 5.92 Å². The third-order valence-electron chi connectivity index (χ3n) is 4.80. The third-order valence-corrected chi connectivity index (χ3v) is 6.72. The Balaban J connectivity index is 1.59. The molecule has 1 aliphatic rings. The second-order valence-electron chi connectivity index (χ2n) is 6.53. The zero-order chi connectivity index (χ0) is 20.1. The molecule has 0 aromatic heterocycles. The van der Waals surface area contributed by atoms with Gasteiger partial charge in [0.2, 0.25) is 15.9 Å². The fourth-order valence-electron chi connectivity index (χ4n) is 3.13. The van der Waals surface area contributed by atoms with Crippen LogP contribution in [0.5, 0.6) is 5.75 Å². The number of piperidine rings is 1. The first kappa shape index (κ1) is 19.9. The standard InChI is InChI=1S/C20H21N3O4S/c1-27-18-6-4-17(5-7-18)22-20(24)16-10-12-23(13-11-16)28(25,26)19-8-2-15(14-21)3-9-19/h2-9,16H,10-13H2,1H3,(H,22,24). The fraction of sp³-hybridized carbons (Fsp3) is 0.300. The van der Waals surface area contributed by atoms with Gasteiger partial charge in [-0.15, -0.1) is 0 Å². The van der Waals surface area contributed by atoms with Gasteiger partial charge in [0.05, 0.1) is 23.6 Å². The van der Waals surface area contributed by atoms with Crippen LogP contribution in [-0.2, 0) is 14.8 Å². The van der Waals surface area contributed by atoms with Crippen molar-refractivity contribution in [1.29, 1.82) is 5.26 Å². The maximum Gasteiger partial charge on any atom is 0.243 e. The number of carbonyl (C=O) groups excluding carboxylic acids is 1. The molecule has 0 radical (unpaired) electrons. The number of carbonyl (C=O) groups is 1. The zero-order valence-electron chi connectivity index (χ0n) is 15.5. The van der Waals surface area contributed by atoms with Gasteiger partial charge in [-0.1, -0.05) is 0 Å². The predicted octanol–water partition coefficient (Wildman–Crippen LogP) is 2.61. The van der Waals surface area contributed by atoms with Gasteiger partial charge in [-0.3, -0.25) is 4.79 Å². The van der Waals surface area contributed by atoms with Crippen LogP contribution in [0.15, 0.2) is 53.4 Å². The maximum atomic E-state index is 12.7. The average molecular weight is 399 g/mol. The molecule has 3 rings (SSSR count). The van der Waals surface area contributed by atoms with Crippen LogP contribution in [0.3, 0.4) is 0 Å². The van der Waals surface area contributed by atoms with Crippen molar-refractivity contribution in [2.45, 2.75) is 17.7 Å². The highest BCUT2D eigenvalue weighted by Gasteiger charge is 2.32. The number of hydrogen-bond donors (Lipinski definition) is 1. The van der Waals surface area contributed by atoms with E-state index in [1.165, 1.54) is 28.6 Å². The molecule has 7 nitrogen and oxygen atoms in total. The lowest BCUT2D eigenvalue weighted by Crippen LogP contribution is -2.41. The van der Waals surface area contributed by atoms with Crippen molar-refractivity contribution in [3.63, 3.8) is 0 Å². The summed E-state index contributed by atoms with van der Waals surface area (Å²) < 4.78 is 32.0. The van der Waals surface area contributed by atoms with Crippen LogP contribution in [0.1, 0.15) is 18.4 Å². The molecule has 1 fully saturated rings. The normalized spacial score (nSPS) is 15.6. The van der Waals surface area contributed by atoms with Crippen LogP contribution in [0.25, 0.3) is 0 Å². The van der Waals surface area contributed by atoms with Crippen LogP contribution < -0.4 is 10.1 Å². The number of benzene rings is 2. The topological polar surface area (TPSA) is 99.5 Å². The summed E-state index contributed by atoms with van der Waals surface area (Å²) in [5.74, 6) is 0.356. The summed E-state index contributed by atoms with van der Waals surface area (Å²) in [6, 6.07) is 14.9. The van der Waals surface area contributed by atoms with Gasteiger partial charge in [-0.2, -0.15) is 9.57 Å². The van der Waals surface area contributed by atoms with Crippen LogP contribution in [0.2, 0.25) is 0 Å². The summed E-state index contributed by atoms with van der Waals surface area (Å²) in [5, 5.41) is 11.7. The number of methoxy groups -OCH3 is 1. The van der Waals surface area contributed by atoms with E-state index in [0.29, 0.717) is 29.8 Å². The molecule has 0 atom stereocenters. The Morgan fingerprint density at radius 1 is 1.11 bits per heavy atom. The molecule has 0 unspecified atom stereocenters. The Morgan fingerprint density at radius 2 is 1.71 bits per heavy atom. The molecule has 0 spiro atoms. The molecule has 8 heteroatoms. The maximum absolute atomic E-state index is 12.7. The Hall–Kier alpha value is -2.89. The Morgan fingerprint density at radius 3 is 2.25 bits per heavy atom. The molecule has 1 saturated heterocycles. The number of nitrogens with zero attached hydrogens (tertiary/aromatic N) is 2. The second kappa shape index (κ2) is 8.42. The van der Waals surface area contributed by atoms with Crippen molar-refractivity contribution in [3.05, 3.63) is 54.1 Å². The molecule has 146 valence electrons. The first-order chi connectivity index (χ1) is 13.4. The molecule has 28 heavy (non-hydrogen) atoms. The number of nitriles is 1. The molecular formula is C20H21N3O4S. The van der Waals surface area contributed by atoms with Crippen LogP contribution >= 0.6 is 0 Å². The minimum absolute atomic E-state index is 0.111. The van der Waals surface area contributed by atoms with E-state index in [9.17, 15) is 13.2 Å². The Kier molecular flexibility index (Phi) is 5.97. The number of rotatable bonds is 5. The number of amides is 1. The van der Waals surface area contributed by atoms with E-state index < -0.39 is 10.0 Å². The van der Waals surface area contributed by atoms with E-state index in [1.807, 2.05) is 6.07 Å². The van der Waals surface area contributed by atoms with Crippen LogP contribution in [-0.4, -0.2) is 38.8 Å². The lowest BCUT2D eigenvalue weighted by atomic mass is 9.97. The van der Waals surface area contributed by atoms with Gasteiger partial charge in [0.15, 0.2) is 0 Å². The predicted molar refractivity (Wildman–Crippen MR) is 104 cm³/mol. The molecular weight excluding hydrogens is 378 g/mol. The van der Waals surface area contributed by atoms with Gasteiger partial charge in [0, 0.05) is 24.7 Å². The average Bonchev–Trinajstić information content (AvgIpc) is 2.74. The van der Waals surface area contributed by atoms with Crippen molar-refractivity contribution in [3.8, 4) is 11.8 Å². The second-order valence-corrected chi connectivity index (χ2v) is 8.47. The fourth-order valence-corrected chi connectivity index (χ4v) is 4.60. The van der Waals surface area contributed by atoms with E-state index in [-0.39, 0.29) is 29.8 Å². The monoisotopic (exact) mass is 399 g/mol. The van der Waals surface area contributed by atoms with E-state index in [4.69, 9.17) is 10.00 Å². The SMILES string of the molecule is COc1ccc(NC(=O)C2CCN(S(=O)(=O)c3ccc(C#N)cc3)CC2)cc1. The van der Waals surface area contributed by atoms with E-state index >= 15 is 0 Å². The number of sulfonamides is 1. The molecule has 1 heterocycles. The van der Waals surface area contributed by atoms with Crippen molar-refractivity contribution < 1.29 is 17.9 Å². The van der Waals surface area contributed by atoms with E-state index in [0.717, 1.165) is 0 Å². The van der Waals surface area contributed by atoms with Crippen molar-refractivity contribution in [2.75, 3.05) is 25.5 Å². The highest BCUT2D eigenvalue weighted by Crippen LogP contribution is 2.25.